The lowest BCUT2D eigenvalue weighted by Crippen LogP contribution is -2.30. The maximum atomic E-state index is 13.5. The summed E-state index contributed by atoms with van der Waals surface area (Å²) >= 11 is 0. The van der Waals surface area contributed by atoms with Crippen molar-refractivity contribution in [1.82, 2.24) is 4.31 Å². The number of carbonyl (C=O) groups is 2. The molecule has 0 saturated heterocycles. The molecule has 0 radical (unpaired) electrons. The van der Waals surface area contributed by atoms with Crippen LogP contribution in [0, 0.1) is 11.6 Å². The first-order valence-electron chi connectivity index (χ1n) is 8.71. The van der Waals surface area contributed by atoms with Crippen LogP contribution in [-0.4, -0.2) is 44.3 Å². The summed E-state index contributed by atoms with van der Waals surface area (Å²) in [6, 6.07) is 7.85. The van der Waals surface area contributed by atoms with Crippen LogP contribution in [0.4, 0.5) is 14.5 Å². The van der Waals surface area contributed by atoms with Crippen molar-refractivity contribution in [3.05, 3.63) is 59.7 Å². The third-order valence-corrected chi connectivity index (χ3v) is 6.00. The summed E-state index contributed by atoms with van der Waals surface area (Å²) in [6.07, 6.45) is 0. The van der Waals surface area contributed by atoms with Crippen molar-refractivity contribution < 1.29 is 31.5 Å². The Morgan fingerprint density at radius 1 is 1.07 bits per heavy atom. The van der Waals surface area contributed by atoms with Crippen molar-refractivity contribution in [2.24, 2.45) is 0 Å². The Kier molecular flexibility index (Phi) is 7.40. The van der Waals surface area contributed by atoms with Crippen LogP contribution in [0.25, 0.3) is 0 Å². The quantitative estimate of drug-likeness (QED) is 0.656. The van der Waals surface area contributed by atoms with E-state index in [1.54, 1.807) is 13.8 Å². The Labute approximate surface area is 167 Å². The molecule has 0 spiro atoms. The molecule has 1 amide bonds. The molecule has 0 saturated carbocycles. The number of carbonyl (C=O) groups excluding carboxylic acids is 2. The second-order valence-electron chi connectivity index (χ2n) is 5.87. The van der Waals surface area contributed by atoms with Crippen molar-refractivity contribution in [3.63, 3.8) is 0 Å². The lowest BCUT2D eigenvalue weighted by molar-refractivity contribution is -0.119. The standard InChI is InChI=1S/C19H20F2N2O5S/c1-3-23(4-2)29(26,27)15-7-5-6-13(10-15)19(25)28-12-18(24)22-17-9-8-14(20)11-16(17)21/h5-11H,3-4,12H2,1-2H3,(H,22,24). The normalized spacial score (nSPS) is 11.3. The summed E-state index contributed by atoms with van der Waals surface area (Å²) in [5.41, 5.74) is -0.321. The van der Waals surface area contributed by atoms with E-state index in [2.05, 4.69) is 5.32 Å². The van der Waals surface area contributed by atoms with Gasteiger partial charge in [-0.1, -0.05) is 19.9 Å². The van der Waals surface area contributed by atoms with Crippen LogP contribution < -0.4 is 5.32 Å². The minimum Gasteiger partial charge on any atom is -0.452 e. The van der Waals surface area contributed by atoms with Crippen molar-refractivity contribution >= 4 is 27.6 Å². The van der Waals surface area contributed by atoms with Gasteiger partial charge >= 0.3 is 5.97 Å². The van der Waals surface area contributed by atoms with Crippen LogP contribution in [0.5, 0.6) is 0 Å². The first kappa shape index (κ1) is 22.4. The smallest absolute Gasteiger partial charge is 0.338 e. The fraction of sp³-hybridized carbons (Fsp3) is 0.263. The number of benzene rings is 2. The van der Waals surface area contributed by atoms with Crippen LogP contribution >= 0.6 is 0 Å². The zero-order valence-electron chi connectivity index (χ0n) is 15.8. The Hall–Kier alpha value is -2.85. The van der Waals surface area contributed by atoms with Gasteiger partial charge in [-0.3, -0.25) is 4.79 Å². The Bertz CT molecular complexity index is 1010. The third-order valence-electron chi connectivity index (χ3n) is 3.95. The van der Waals surface area contributed by atoms with Crippen molar-refractivity contribution in [3.8, 4) is 0 Å². The maximum Gasteiger partial charge on any atom is 0.338 e. The third kappa shape index (κ3) is 5.58. The van der Waals surface area contributed by atoms with Crippen LogP contribution in [-0.2, 0) is 19.6 Å². The Morgan fingerprint density at radius 3 is 2.38 bits per heavy atom. The molecule has 0 aliphatic heterocycles. The minimum absolute atomic E-state index is 0.0565. The Morgan fingerprint density at radius 2 is 1.76 bits per heavy atom. The van der Waals surface area contributed by atoms with E-state index in [-0.39, 0.29) is 29.2 Å². The van der Waals surface area contributed by atoms with Crippen LogP contribution in [0.3, 0.4) is 0 Å². The molecule has 2 rings (SSSR count). The number of hydrogen-bond donors (Lipinski definition) is 1. The molecule has 0 aliphatic carbocycles. The molecular weight excluding hydrogens is 406 g/mol. The largest absolute Gasteiger partial charge is 0.452 e. The van der Waals surface area contributed by atoms with Gasteiger partial charge in [0.1, 0.15) is 11.6 Å². The molecule has 0 bridgehead atoms. The van der Waals surface area contributed by atoms with Crippen molar-refractivity contribution in [1.29, 1.82) is 0 Å². The van der Waals surface area contributed by atoms with Gasteiger partial charge < -0.3 is 10.1 Å². The van der Waals surface area contributed by atoms with E-state index in [1.807, 2.05) is 0 Å². The summed E-state index contributed by atoms with van der Waals surface area (Å²) in [5, 5.41) is 2.15. The van der Waals surface area contributed by atoms with Gasteiger partial charge in [0.05, 0.1) is 16.1 Å². The highest BCUT2D eigenvalue weighted by molar-refractivity contribution is 7.89. The van der Waals surface area contributed by atoms with Gasteiger partial charge in [-0.25, -0.2) is 22.0 Å². The van der Waals surface area contributed by atoms with Gasteiger partial charge in [-0.05, 0) is 30.3 Å². The first-order chi connectivity index (χ1) is 13.7. The molecular formula is C19H20F2N2O5S. The molecule has 0 fully saturated rings. The number of nitrogens with zero attached hydrogens (tertiary/aromatic N) is 1. The molecule has 0 unspecified atom stereocenters. The van der Waals surface area contributed by atoms with Gasteiger partial charge in [0, 0.05) is 19.2 Å². The summed E-state index contributed by atoms with van der Waals surface area (Å²) in [4.78, 5) is 23.9. The molecule has 0 aliphatic rings. The number of ether oxygens (including phenoxy) is 1. The summed E-state index contributed by atoms with van der Waals surface area (Å²) in [5.74, 6) is -3.53. The van der Waals surface area contributed by atoms with Crippen LogP contribution in [0.15, 0.2) is 47.4 Å². The van der Waals surface area contributed by atoms with Crippen LogP contribution in [0.2, 0.25) is 0 Å². The highest BCUT2D eigenvalue weighted by atomic mass is 32.2. The summed E-state index contributed by atoms with van der Waals surface area (Å²) < 4.78 is 57.6. The van der Waals surface area contributed by atoms with E-state index < -0.39 is 40.1 Å². The predicted molar refractivity (Wildman–Crippen MR) is 102 cm³/mol. The zero-order valence-corrected chi connectivity index (χ0v) is 16.6. The van der Waals surface area contributed by atoms with Gasteiger partial charge in [0.15, 0.2) is 6.61 Å². The fourth-order valence-electron chi connectivity index (χ4n) is 2.49. The molecule has 7 nitrogen and oxygen atoms in total. The summed E-state index contributed by atoms with van der Waals surface area (Å²) in [7, 11) is -3.76. The number of esters is 1. The number of anilines is 1. The number of sulfonamides is 1. The van der Waals surface area contributed by atoms with E-state index >= 15 is 0 Å². The summed E-state index contributed by atoms with van der Waals surface area (Å²) in [6.45, 7) is 3.20. The molecule has 10 heteroatoms. The second-order valence-corrected chi connectivity index (χ2v) is 7.80. The molecule has 0 atom stereocenters. The van der Waals surface area contributed by atoms with E-state index in [0.717, 1.165) is 18.2 Å². The first-order valence-corrected chi connectivity index (χ1v) is 10.1. The second kappa shape index (κ2) is 9.57. The average Bonchev–Trinajstić information content (AvgIpc) is 2.69. The molecule has 2 aromatic rings. The van der Waals surface area contributed by atoms with Crippen LogP contribution in [0.1, 0.15) is 24.2 Å². The molecule has 1 N–H and O–H groups in total. The maximum absolute atomic E-state index is 13.5. The molecule has 0 aromatic heterocycles. The zero-order chi connectivity index (χ0) is 21.6. The monoisotopic (exact) mass is 426 g/mol. The number of amides is 1. The number of rotatable bonds is 8. The highest BCUT2D eigenvalue weighted by Gasteiger charge is 2.23. The lowest BCUT2D eigenvalue weighted by atomic mass is 10.2. The average molecular weight is 426 g/mol. The van der Waals surface area contributed by atoms with E-state index in [0.29, 0.717) is 6.07 Å². The topological polar surface area (TPSA) is 92.8 Å². The highest BCUT2D eigenvalue weighted by Crippen LogP contribution is 2.18. The van der Waals surface area contributed by atoms with Crippen molar-refractivity contribution in [2.75, 3.05) is 25.0 Å². The fourth-order valence-corrected chi connectivity index (χ4v) is 3.99. The van der Waals surface area contributed by atoms with E-state index in [9.17, 15) is 26.8 Å². The lowest BCUT2D eigenvalue weighted by Gasteiger charge is -2.18. The van der Waals surface area contributed by atoms with Gasteiger partial charge in [-0.2, -0.15) is 4.31 Å². The van der Waals surface area contributed by atoms with Crippen molar-refractivity contribution in [2.45, 2.75) is 18.7 Å². The molecule has 2 aromatic carbocycles. The molecule has 0 heterocycles. The van der Waals surface area contributed by atoms with E-state index in [1.165, 1.54) is 22.5 Å². The van der Waals surface area contributed by atoms with Gasteiger partial charge in [0.2, 0.25) is 10.0 Å². The number of nitrogens with one attached hydrogen (secondary N) is 1. The number of hydrogen-bond acceptors (Lipinski definition) is 5. The molecule has 29 heavy (non-hydrogen) atoms. The SMILES string of the molecule is CCN(CC)S(=O)(=O)c1cccc(C(=O)OCC(=O)Nc2ccc(F)cc2F)c1. The molecule has 156 valence electrons. The van der Waals surface area contributed by atoms with Gasteiger partial charge in [-0.15, -0.1) is 0 Å². The number of halogens is 2. The predicted octanol–water partition coefficient (Wildman–Crippen LogP) is 2.79. The minimum atomic E-state index is -3.76. The Balaban J connectivity index is 2.05. The van der Waals surface area contributed by atoms with Gasteiger partial charge in [0.25, 0.3) is 5.91 Å². The van der Waals surface area contributed by atoms with E-state index in [4.69, 9.17) is 4.74 Å².